The molecule has 2 N–H and O–H groups in total. The van der Waals surface area contributed by atoms with Crippen LogP contribution in [-0.2, 0) is 9.59 Å². The molecule has 0 bridgehead atoms. The van der Waals surface area contributed by atoms with Crippen molar-refractivity contribution in [3.8, 4) is 0 Å². The third-order valence-corrected chi connectivity index (χ3v) is 3.76. The fourth-order valence-corrected chi connectivity index (χ4v) is 2.57. The van der Waals surface area contributed by atoms with E-state index >= 15 is 0 Å². The molecule has 0 radical (unpaired) electrons. The molecule has 0 aliphatic carbocycles. The van der Waals surface area contributed by atoms with Gasteiger partial charge in [0.05, 0.1) is 0 Å². The topological polar surface area (TPSA) is 66.6 Å². The number of piperidine rings is 1. The number of carbonyl (C=O) groups excluding carboxylic acids is 2. The van der Waals surface area contributed by atoms with E-state index in [9.17, 15) is 9.59 Å². The largest absolute Gasteiger partial charge is 0.349 e. The molecule has 2 amide bonds. The second kappa shape index (κ2) is 7.48. The molecule has 2 atom stereocenters. The molecule has 1 heterocycles. The lowest BCUT2D eigenvalue weighted by Crippen LogP contribution is -2.51. The van der Waals surface area contributed by atoms with Crippen molar-refractivity contribution in [1.82, 2.24) is 9.80 Å². The molecule has 110 valence electrons. The Labute approximate surface area is 116 Å². The van der Waals surface area contributed by atoms with Gasteiger partial charge in [0.15, 0.2) is 0 Å². The van der Waals surface area contributed by atoms with E-state index in [1.807, 2.05) is 11.8 Å². The third kappa shape index (κ3) is 4.82. The van der Waals surface area contributed by atoms with Crippen LogP contribution in [0, 0.1) is 0 Å². The van der Waals surface area contributed by atoms with Gasteiger partial charge in [0.2, 0.25) is 11.8 Å². The molecule has 1 aliphatic rings. The second-order valence-corrected chi connectivity index (χ2v) is 5.65. The Morgan fingerprint density at radius 2 is 2.00 bits per heavy atom. The monoisotopic (exact) mass is 269 g/mol. The van der Waals surface area contributed by atoms with Gasteiger partial charge >= 0.3 is 0 Å². The van der Waals surface area contributed by atoms with Crippen LogP contribution in [0.4, 0.5) is 0 Å². The van der Waals surface area contributed by atoms with Crippen molar-refractivity contribution in [2.75, 3.05) is 20.6 Å². The molecule has 5 nitrogen and oxygen atoms in total. The molecule has 0 spiro atoms. The first-order valence-electron chi connectivity index (χ1n) is 7.18. The van der Waals surface area contributed by atoms with Crippen LogP contribution in [0.25, 0.3) is 0 Å². The minimum Gasteiger partial charge on any atom is -0.349 e. The summed E-state index contributed by atoms with van der Waals surface area (Å²) in [5, 5.41) is 0. The standard InChI is InChI=1S/C14H27N3O2/c1-11(15)12-7-4-5-10-17(12)14(19)9-6-8-13(18)16(2)3/h11-12H,4-10,15H2,1-3H3. The summed E-state index contributed by atoms with van der Waals surface area (Å²) in [7, 11) is 3.47. The molecule has 0 aromatic carbocycles. The van der Waals surface area contributed by atoms with E-state index in [-0.39, 0.29) is 23.9 Å². The van der Waals surface area contributed by atoms with Gasteiger partial charge < -0.3 is 15.5 Å². The summed E-state index contributed by atoms with van der Waals surface area (Å²) >= 11 is 0. The molecular weight excluding hydrogens is 242 g/mol. The SMILES string of the molecule is CC(N)C1CCCCN1C(=O)CCCC(=O)N(C)C. The Balaban J connectivity index is 2.41. The molecule has 19 heavy (non-hydrogen) atoms. The Kier molecular flexibility index (Phi) is 6.28. The summed E-state index contributed by atoms with van der Waals surface area (Å²) in [5.41, 5.74) is 5.96. The molecule has 0 aromatic heterocycles. The van der Waals surface area contributed by atoms with Crippen LogP contribution in [-0.4, -0.2) is 54.3 Å². The first kappa shape index (κ1) is 16.0. The van der Waals surface area contributed by atoms with Crippen molar-refractivity contribution in [3.05, 3.63) is 0 Å². The Morgan fingerprint density at radius 1 is 1.32 bits per heavy atom. The van der Waals surface area contributed by atoms with E-state index in [0.29, 0.717) is 19.3 Å². The summed E-state index contributed by atoms with van der Waals surface area (Å²) in [4.78, 5) is 27.2. The number of nitrogens with zero attached hydrogens (tertiary/aromatic N) is 2. The van der Waals surface area contributed by atoms with Crippen molar-refractivity contribution in [2.45, 2.75) is 57.5 Å². The van der Waals surface area contributed by atoms with E-state index in [1.54, 1.807) is 19.0 Å². The zero-order chi connectivity index (χ0) is 14.4. The fourth-order valence-electron chi connectivity index (χ4n) is 2.57. The first-order valence-corrected chi connectivity index (χ1v) is 7.18. The lowest BCUT2D eigenvalue weighted by molar-refractivity contribution is -0.135. The predicted molar refractivity (Wildman–Crippen MR) is 75.5 cm³/mol. The van der Waals surface area contributed by atoms with Crippen molar-refractivity contribution >= 4 is 11.8 Å². The number of hydrogen-bond donors (Lipinski definition) is 1. The molecule has 1 fully saturated rings. The molecule has 5 heteroatoms. The van der Waals surface area contributed by atoms with Gasteiger partial charge in [-0.15, -0.1) is 0 Å². The molecule has 1 saturated heterocycles. The summed E-state index contributed by atoms with van der Waals surface area (Å²) in [6, 6.07) is 0.193. The number of carbonyl (C=O) groups is 2. The molecule has 2 unspecified atom stereocenters. The van der Waals surface area contributed by atoms with E-state index in [0.717, 1.165) is 25.8 Å². The minimum absolute atomic E-state index is 0.0210. The molecule has 1 aliphatic heterocycles. The van der Waals surface area contributed by atoms with Crippen molar-refractivity contribution in [3.63, 3.8) is 0 Å². The highest BCUT2D eigenvalue weighted by molar-refractivity contribution is 5.79. The highest BCUT2D eigenvalue weighted by Crippen LogP contribution is 2.20. The van der Waals surface area contributed by atoms with Crippen LogP contribution < -0.4 is 5.73 Å². The number of hydrogen-bond acceptors (Lipinski definition) is 3. The molecule has 1 rings (SSSR count). The van der Waals surface area contributed by atoms with Crippen molar-refractivity contribution < 1.29 is 9.59 Å². The van der Waals surface area contributed by atoms with Gasteiger partial charge in [-0.2, -0.15) is 0 Å². The zero-order valence-electron chi connectivity index (χ0n) is 12.4. The maximum Gasteiger partial charge on any atom is 0.222 e. The van der Waals surface area contributed by atoms with Gasteiger partial charge in [-0.05, 0) is 32.6 Å². The number of rotatable bonds is 5. The molecule has 0 aromatic rings. The Hall–Kier alpha value is -1.10. The Morgan fingerprint density at radius 3 is 2.58 bits per heavy atom. The highest BCUT2D eigenvalue weighted by atomic mass is 16.2. The van der Waals surface area contributed by atoms with E-state index in [2.05, 4.69) is 0 Å². The zero-order valence-corrected chi connectivity index (χ0v) is 12.4. The number of likely N-dealkylation sites (tertiary alicyclic amines) is 1. The van der Waals surface area contributed by atoms with Gasteiger partial charge in [0, 0.05) is 45.6 Å². The van der Waals surface area contributed by atoms with Crippen LogP contribution in [0.15, 0.2) is 0 Å². The lowest BCUT2D eigenvalue weighted by atomic mass is 9.96. The summed E-state index contributed by atoms with van der Waals surface area (Å²) in [6.45, 7) is 2.78. The smallest absolute Gasteiger partial charge is 0.222 e. The highest BCUT2D eigenvalue weighted by Gasteiger charge is 2.28. The van der Waals surface area contributed by atoms with Gasteiger partial charge in [-0.3, -0.25) is 9.59 Å². The van der Waals surface area contributed by atoms with Crippen LogP contribution in [0.1, 0.15) is 45.4 Å². The van der Waals surface area contributed by atoms with E-state index < -0.39 is 0 Å². The van der Waals surface area contributed by atoms with Crippen LogP contribution in [0.5, 0.6) is 0 Å². The van der Waals surface area contributed by atoms with Gasteiger partial charge in [0.1, 0.15) is 0 Å². The first-order chi connectivity index (χ1) is 8.93. The van der Waals surface area contributed by atoms with Gasteiger partial charge in [-0.1, -0.05) is 0 Å². The average Bonchev–Trinajstić information content (AvgIpc) is 2.38. The Bertz CT molecular complexity index is 316. The van der Waals surface area contributed by atoms with Crippen LogP contribution >= 0.6 is 0 Å². The fraction of sp³-hybridized carbons (Fsp3) is 0.857. The van der Waals surface area contributed by atoms with Gasteiger partial charge in [-0.25, -0.2) is 0 Å². The minimum atomic E-state index is 0.0210. The van der Waals surface area contributed by atoms with E-state index in [1.165, 1.54) is 0 Å². The number of amides is 2. The number of nitrogens with two attached hydrogens (primary N) is 1. The third-order valence-electron chi connectivity index (χ3n) is 3.76. The molecule has 0 saturated carbocycles. The maximum atomic E-state index is 12.2. The van der Waals surface area contributed by atoms with Crippen LogP contribution in [0.2, 0.25) is 0 Å². The molecular formula is C14H27N3O2. The average molecular weight is 269 g/mol. The van der Waals surface area contributed by atoms with Crippen LogP contribution in [0.3, 0.4) is 0 Å². The predicted octanol–water partition coefficient (Wildman–Crippen LogP) is 0.973. The lowest BCUT2D eigenvalue weighted by Gasteiger charge is -2.38. The summed E-state index contributed by atoms with van der Waals surface area (Å²) < 4.78 is 0. The maximum absolute atomic E-state index is 12.2. The summed E-state index contributed by atoms with van der Waals surface area (Å²) in [6.07, 6.45) is 4.72. The van der Waals surface area contributed by atoms with Crippen molar-refractivity contribution in [1.29, 1.82) is 0 Å². The normalized spacial score (nSPS) is 21.1. The summed E-state index contributed by atoms with van der Waals surface area (Å²) in [5.74, 6) is 0.226. The second-order valence-electron chi connectivity index (χ2n) is 5.65. The van der Waals surface area contributed by atoms with E-state index in [4.69, 9.17) is 5.73 Å². The van der Waals surface area contributed by atoms with Gasteiger partial charge in [0.25, 0.3) is 0 Å². The quantitative estimate of drug-likeness (QED) is 0.809. The van der Waals surface area contributed by atoms with Crippen molar-refractivity contribution in [2.24, 2.45) is 5.73 Å².